The van der Waals surface area contributed by atoms with Crippen molar-refractivity contribution in [2.45, 2.75) is 20.0 Å². The Bertz CT molecular complexity index is 789. The first kappa shape index (κ1) is 18.4. The number of hydrogen-bond acceptors (Lipinski definition) is 3. The number of halogens is 2. The zero-order valence-corrected chi connectivity index (χ0v) is 14.1. The molecule has 0 aliphatic heterocycles. The molecule has 0 unspecified atom stereocenters. The summed E-state index contributed by atoms with van der Waals surface area (Å²) in [4.78, 5) is 26.6. The molecule has 0 aliphatic rings. The number of H-pyrrole nitrogens is 1. The average Bonchev–Trinajstić information content (AvgIpc) is 3.00. The van der Waals surface area contributed by atoms with Crippen molar-refractivity contribution in [1.82, 2.24) is 15.6 Å². The molecule has 0 spiro atoms. The lowest BCUT2D eigenvalue weighted by Gasteiger charge is -2.16. The Balaban J connectivity index is 2.35. The summed E-state index contributed by atoms with van der Waals surface area (Å²) in [6.07, 6.45) is -0.878. The number of carbonyl (C=O) groups excluding carboxylic acids is 2. The van der Waals surface area contributed by atoms with Crippen LogP contribution >= 0.6 is 0 Å². The number of carbonyl (C=O) groups is 2. The second-order valence-electron chi connectivity index (χ2n) is 5.26. The third-order valence-corrected chi connectivity index (χ3v) is 3.54. The number of amides is 2. The van der Waals surface area contributed by atoms with Gasteiger partial charge >= 0.3 is 0 Å². The molecule has 1 aromatic carbocycles. The monoisotopic (exact) mass is 351 g/mol. The van der Waals surface area contributed by atoms with Gasteiger partial charge in [0, 0.05) is 25.2 Å². The molecule has 3 N–H and O–H groups in total. The molecule has 0 bridgehead atoms. The van der Waals surface area contributed by atoms with Crippen LogP contribution in [0.3, 0.4) is 0 Å². The maximum atomic E-state index is 13.9. The van der Waals surface area contributed by atoms with Gasteiger partial charge in [0.05, 0.1) is 0 Å². The summed E-state index contributed by atoms with van der Waals surface area (Å²) in [7, 11) is 1.43. The van der Waals surface area contributed by atoms with E-state index in [1.165, 1.54) is 32.2 Å². The van der Waals surface area contributed by atoms with Crippen LogP contribution in [0.4, 0.5) is 8.78 Å². The van der Waals surface area contributed by atoms with E-state index in [1.807, 2.05) is 0 Å². The highest BCUT2D eigenvalue weighted by Crippen LogP contribution is 2.28. The second-order valence-corrected chi connectivity index (χ2v) is 5.26. The number of rotatable bonds is 6. The van der Waals surface area contributed by atoms with Gasteiger partial charge in [-0.3, -0.25) is 9.59 Å². The van der Waals surface area contributed by atoms with E-state index in [0.717, 1.165) is 6.07 Å². The summed E-state index contributed by atoms with van der Waals surface area (Å²) < 4.78 is 32.9. The SMILES string of the molecule is CCNC(=O)c1cc(O[C@@H](C)c2cccc(F)c2F)c(C(=O)NC)[nH]1. The largest absolute Gasteiger partial charge is 0.483 e. The fourth-order valence-corrected chi connectivity index (χ4v) is 2.29. The van der Waals surface area contributed by atoms with Crippen LogP contribution in [-0.2, 0) is 0 Å². The van der Waals surface area contributed by atoms with Crippen LogP contribution in [0.1, 0.15) is 46.5 Å². The lowest BCUT2D eigenvalue weighted by Crippen LogP contribution is -2.23. The van der Waals surface area contributed by atoms with Crippen molar-refractivity contribution in [3.05, 3.63) is 52.9 Å². The van der Waals surface area contributed by atoms with Gasteiger partial charge in [-0.15, -0.1) is 0 Å². The minimum Gasteiger partial charge on any atom is -0.483 e. The van der Waals surface area contributed by atoms with Crippen molar-refractivity contribution in [3.63, 3.8) is 0 Å². The molecular formula is C17H19F2N3O3. The van der Waals surface area contributed by atoms with Gasteiger partial charge in [-0.05, 0) is 19.9 Å². The Hall–Kier alpha value is -2.90. The third kappa shape index (κ3) is 3.96. The van der Waals surface area contributed by atoms with E-state index in [9.17, 15) is 18.4 Å². The van der Waals surface area contributed by atoms with Gasteiger partial charge in [-0.25, -0.2) is 8.78 Å². The Morgan fingerprint density at radius 1 is 1.28 bits per heavy atom. The number of aromatic amines is 1. The lowest BCUT2D eigenvalue weighted by atomic mass is 10.1. The number of benzene rings is 1. The minimum absolute atomic E-state index is 0.00335. The molecule has 25 heavy (non-hydrogen) atoms. The fourth-order valence-electron chi connectivity index (χ4n) is 2.29. The highest BCUT2D eigenvalue weighted by Gasteiger charge is 2.23. The molecule has 0 aliphatic carbocycles. The lowest BCUT2D eigenvalue weighted by molar-refractivity contribution is 0.0951. The zero-order valence-electron chi connectivity index (χ0n) is 14.1. The van der Waals surface area contributed by atoms with Crippen LogP contribution < -0.4 is 15.4 Å². The topological polar surface area (TPSA) is 83.2 Å². The number of aromatic nitrogens is 1. The fraction of sp³-hybridized carbons (Fsp3) is 0.294. The Morgan fingerprint density at radius 2 is 2.00 bits per heavy atom. The maximum absolute atomic E-state index is 13.9. The van der Waals surface area contributed by atoms with Crippen molar-refractivity contribution < 1.29 is 23.1 Å². The maximum Gasteiger partial charge on any atom is 0.271 e. The first-order valence-corrected chi connectivity index (χ1v) is 7.72. The molecule has 6 nitrogen and oxygen atoms in total. The van der Waals surface area contributed by atoms with Gasteiger partial charge in [-0.2, -0.15) is 0 Å². The molecule has 0 saturated heterocycles. The van der Waals surface area contributed by atoms with E-state index in [2.05, 4.69) is 15.6 Å². The van der Waals surface area contributed by atoms with Crippen LogP contribution in [0.15, 0.2) is 24.3 Å². The van der Waals surface area contributed by atoms with Crippen molar-refractivity contribution in [2.24, 2.45) is 0 Å². The molecule has 2 aromatic rings. The van der Waals surface area contributed by atoms with E-state index in [-0.39, 0.29) is 22.7 Å². The van der Waals surface area contributed by atoms with Gasteiger partial charge in [-0.1, -0.05) is 12.1 Å². The van der Waals surface area contributed by atoms with Crippen LogP contribution in [-0.4, -0.2) is 30.4 Å². The van der Waals surface area contributed by atoms with E-state index in [4.69, 9.17) is 4.74 Å². The molecule has 2 amide bonds. The highest BCUT2D eigenvalue weighted by atomic mass is 19.2. The molecule has 1 aromatic heterocycles. The molecule has 1 heterocycles. The average molecular weight is 351 g/mol. The van der Waals surface area contributed by atoms with E-state index in [0.29, 0.717) is 6.54 Å². The summed E-state index contributed by atoms with van der Waals surface area (Å²) in [5.74, 6) is -2.85. The third-order valence-electron chi connectivity index (χ3n) is 3.54. The Kier molecular flexibility index (Phi) is 5.74. The summed E-state index contributed by atoms with van der Waals surface area (Å²) in [6, 6.07) is 5.11. The standard InChI is InChI=1S/C17H19F2N3O3/c1-4-21-16(23)12-8-13(15(22-12)17(24)20-3)25-9(2)10-6-5-7-11(18)14(10)19/h5-9,22H,4H2,1-3H3,(H,20,24)(H,21,23)/t9-/m0/s1. The van der Waals surface area contributed by atoms with E-state index < -0.39 is 29.6 Å². The van der Waals surface area contributed by atoms with Crippen molar-refractivity contribution in [1.29, 1.82) is 0 Å². The van der Waals surface area contributed by atoms with Gasteiger partial charge in [0.2, 0.25) is 0 Å². The van der Waals surface area contributed by atoms with Gasteiger partial charge < -0.3 is 20.4 Å². The van der Waals surface area contributed by atoms with Crippen LogP contribution in [0, 0.1) is 11.6 Å². The molecular weight excluding hydrogens is 332 g/mol. The molecule has 0 saturated carbocycles. The molecule has 1 atom stereocenters. The quantitative estimate of drug-likeness (QED) is 0.748. The molecule has 8 heteroatoms. The first-order valence-electron chi connectivity index (χ1n) is 7.72. The minimum atomic E-state index is -1.02. The number of hydrogen-bond donors (Lipinski definition) is 3. The van der Waals surface area contributed by atoms with Crippen molar-refractivity contribution in [3.8, 4) is 5.75 Å². The number of ether oxygens (including phenoxy) is 1. The first-order chi connectivity index (χ1) is 11.9. The predicted octanol–water partition coefficient (Wildman–Crippen LogP) is 2.54. The molecule has 0 radical (unpaired) electrons. The van der Waals surface area contributed by atoms with Gasteiger partial charge in [0.1, 0.15) is 17.5 Å². The summed E-state index contributed by atoms with van der Waals surface area (Å²) >= 11 is 0. The Labute approximate surface area is 143 Å². The molecule has 0 fully saturated rings. The second kappa shape index (κ2) is 7.78. The predicted molar refractivity (Wildman–Crippen MR) is 87.6 cm³/mol. The van der Waals surface area contributed by atoms with Crippen LogP contribution in [0.2, 0.25) is 0 Å². The zero-order chi connectivity index (χ0) is 18.6. The van der Waals surface area contributed by atoms with Gasteiger partial charge in [0.25, 0.3) is 11.8 Å². The van der Waals surface area contributed by atoms with E-state index >= 15 is 0 Å². The van der Waals surface area contributed by atoms with Crippen molar-refractivity contribution in [2.75, 3.05) is 13.6 Å². The Morgan fingerprint density at radius 3 is 2.64 bits per heavy atom. The smallest absolute Gasteiger partial charge is 0.271 e. The molecule has 134 valence electrons. The van der Waals surface area contributed by atoms with E-state index in [1.54, 1.807) is 6.92 Å². The summed E-state index contributed by atoms with van der Waals surface area (Å²) in [5, 5.41) is 5.02. The van der Waals surface area contributed by atoms with Crippen LogP contribution in [0.25, 0.3) is 0 Å². The van der Waals surface area contributed by atoms with Crippen molar-refractivity contribution >= 4 is 11.8 Å². The summed E-state index contributed by atoms with van der Waals surface area (Å²) in [5.41, 5.74) is 0.151. The number of nitrogens with one attached hydrogen (secondary N) is 3. The highest BCUT2D eigenvalue weighted by molar-refractivity contribution is 5.99. The van der Waals surface area contributed by atoms with Crippen LogP contribution in [0.5, 0.6) is 5.75 Å². The van der Waals surface area contributed by atoms with Gasteiger partial charge in [0.15, 0.2) is 17.4 Å². The summed E-state index contributed by atoms with van der Waals surface area (Å²) in [6.45, 7) is 3.69. The molecule has 2 rings (SSSR count). The normalized spacial score (nSPS) is 11.7.